The fraction of sp³-hybridized carbons (Fsp3) is 0.417. The monoisotopic (exact) mass is 282 g/mol. The van der Waals surface area contributed by atoms with Crippen molar-refractivity contribution in [1.29, 1.82) is 0 Å². The fourth-order valence-corrected chi connectivity index (χ4v) is 1.85. The molecule has 1 saturated heterocycles. The van der Waals surface area contributed by atoms with Gasteiger partial charge in [0.2, 0.25) is 5.91 Å². The van der Waals surface area contributed by atoms with Gasteiger partial charge in [-0.3, -0.25) is 14.4 Å². The van der Waals surface area contributed by atoms with Gasteiger partial charge in [0.05, 0.1) is 32.1 Å². The summed E-state index contributed by atoms with van der Waals surface area (Å²) in [5.74, 6) is -2.67. The molecule has 20 heavy (non-hydrogen) atoms. The molecule has 0 aromatic carbocycles. The molecule has 1 aromatic heterocycles. The summed E-state index contributed by atoms with van der Waals surface area (Å²) in [5.41, 5.74) is 0. The van der Waals surface area contributed by atoms with E-state index in [0.717, 1.165) is 0 Å². The molecule has 0 bridgehead atoms. The van der Waals surface area contributed by atoms with Gasteiger partial charge in [-0.15, -0.1) is 0 Å². The molecule has 1 aliphatic rings. The molecule has 8 heteroatoms. The lowest BCUT2D eigenvalue weighted by Gasteiger charge is -2.15. The molecule has 2 atom stereocenters. The van der Waals surface area contributed by atoms with Gasteiger partial charge in [0, 0.05) is 0 Å². The van der Waals surface area contributed by atoms with E-state index in [1.54, 1.807) is 6.07 Å². The Bertz CT molecular complexity index is 498. The van der Waals surface area contributed by atoms with Crippen molar-refractivity contribution in [1.82, 2.24) is 10.6 Å². The Balaban J connectivity index is 1.78. The van der Waals surface area contributed by atoms with Gasteiger partial charge >= 0.3 is 5.97 Å². The maximum absolute atomic E-state index is 11.6. The molecular weight excluding hydrogens is 268 g/mol. The van der Waals surface area contributed by atoms with Gasteiger partial charge in [-0.25, -0.2) is 0 Å². The maximum Gasteiger partial charge on any atom is 0.311 e. The van der Waals surface area contributed by atoms with E-state index in [2.05, 4.69) is 10.6 Å². The van der Waals surface area contributed by atoms with Crippen LogP contribution in [0.1, 0.15) is 10.6 Å². The Hall–Kier alpha value is -2.35. The van der Waals surface area contributed by atoms with Crippen LogP contribution in [0.4, 0.5) is 0 Å². The van der Waals surface area contributed by atoms with Crippen LogP contribution in [-0.4, -0.2) is 48.7 Å². The quantitative estimate of drug-likeness (QED) is 0.652. The number of hydrogen-bond acceptors (Lipinski definition) is 5. The number of carboxylic acids is 1. The normalized spacial score (nSPS) is 21.4. The molecule has 2 unspecified atom stereocenters. The lowest BCUT2D eigenvalue weighted by Crippen LogP contribution is -2.46. The Morgan fingerprint density at radius 2 is 2.15 bits per heavy atom. The molecule has 8 nitrogen and oxygen atoms in total. The predicted octanol–water partition coefficient (Wildman–Crippen LogP) is -0.775. The molecule has 0 aliphatic carbocycles. The first-order chi connectivity index (χ1) is 9.58. The summed E-state index contributed by atoms with van der Waals surface area (Å²) in [6.07, 6.45) is 1.35. The van der Waals surface area contributed by atoms with Crippen LogP contribution in [0.15, 0.2) is 22.8 Å². The molecule has 108 valence electrons. The predicted molar refractivity (Wildman–Crippen MR) is 64.9 cm³/mol. The largest absolute Gasteiger partial charge is 0.481 e. The number of aliphatic carboxylic acids is 1. The standard InChI is InChI=1S/C12H14N2O6/c15-10(4-13-11(16)9-2-1-3-20-9)14-8-6-19-5-7(8)12(17)18/h1-3,7-8H,4-6H2,(H,13,16)(H,14,15)(H,17,18). The minimum Gasteiger partial charge on any atom is -0.481 e. The van der Waals surface area contributed by atoms with Crippen molar-refractivity contribution < 1.29 is 28.6 Å². The van der Waals surface area contributed by atoms with Crippen molar-refractivity contribution in [2.45, 2.75) is 6.04 Å². The Morgan fingerprint density at radius 3 is 2.80 bits per heavy atom. The zero-order chi connectivity index (χ0) is 14.5. The summed E-state index contributed by atoms with van der Waals surface area (Å²) >= 11 is 0. The van der Waals surface area contributed by atoms with Crippen LogP contribution in [0.2, 0.25) is 0 Å². The van der Waals surface area contributed by atoms with Gasteiger partial charge < -0.3 is 24.9 Å². The number of carbonyl (C=O) groups is 3. The third-order valence-electron chi connectivity index (χ3n) is 2.90. The molecule has 2 amide bonds. The first-order valence-electron chi connectivity index (χ1n) is 5.99. The van der Waals surface area contributed by atoms with E-state index >= 15 is 0 Å². The van der Waals surface area contributed by atoms with E-state index in [1.807, 2.05) is 0 Å². The average molecular weight is 282 g/mol. The summed E-state index contributed by atoms with van der Waals surface area (Å²) < 4.78 is 9.89. The van der Waals surface area contributed by atoms with E-state index in [-0.39, 0.29) is 25.5 Å². The van der Waals surface area contributed by atoms with Crippen molar-refractivity contribution in [3.63, 3.8) is 0 Å². The maximum atomic E-state index is 11.6. The number of hydrogen-bond donors (Lipinski definition) is 3. The van der Waals surface area contributed by atoms with Crippen LogP contribution in [0, 0.1) is 5.92 Å². The first-order valence-corrected chi connectivity index (χ1v) is 5.99. The van der Waals surface area contributed by atoms with Gasteiger partial charge in [0.15, 0.2) is 5.76 Å². The van der Waals surface area contributed by atoms with E-state index in [1.165, 1.54) is 12.3 Å². The van der Waals surface area contributed by atoms with Crippen LogP contribution in [0.25, 0.3) is 0 Å². The Kier molecular flexibility index (Phi) is 4.36. The second kappa shape index (κ2) is 6.20. The smallest absolute Gasteiger partial charge is 0.311 e. The third kappa shape index (κ3) is 3.35. The summed E-state index contributed by atoms with van der Waals surface area (Å²) in [7, 11) is 0. The van der Waals surface area contributed by atoms with Crippen LogP contribution in [0.3, 0.4) is 0 Å². The van der Waals surface area contributed by atoms with E-state index in [0.29, 0.717) is 0 Å². The highest BCUT2D eigenvalue weighted by Gasteiger charge is 2.34. The Labute approximate surface area is 114 Å². The average Bonchev–Trinajstić information content (AvgIpc) is 3.06. The highest BCUT2D eigenvalue weighted by Crippen LogP contribution is 2.13. The van der Waals surface area contributed by atoms with Crippen molar-refractivity contribution in [3.05, 3.63) is 24.2 Å². The van der Waals surface area contributed by atoms with Crippen molar-refractivity contribution in [3.8, 4) is 0 Å². The zero-order valence-corrected chi connectivity index (χ0v) is 10.5. The number of carbonyl (C=O) groups excluding carboxylic acids is 2. The molecule has 2 heterocycles. The van der Waals surface area contributed by atoms with Crippen LogP contribution < -0.4 is 10.6 Å². The molecule has 0 radical (unpaired) electrons. The summed E-state index contributed by atoms with van der Waals surface area (Å²) in [4.78, 5) is 34.1. The topological polar surface area (TPSA) is 118 Å². The molecule has 3 N–H and O–H groups in total. The number of nitrogens with one attached hydrogen (secondary N) is 2. The van der Waals surface area contributed by atoms with Crippen LogP contribution in [-0.2, 0) is 14.3 Å². The number of ether oxygens (including phenoxy) is 1. The zero-order valence-electron chi connectivity index (χ0n) is 10.5. The molecule has 1 fully saturated rings. The van der Waals surface area contributed by atoms with Crippen molar-refractivity contribution in [2.75, 3.05) is 19.8 Å². The number of carboxylic acid groups (broad SMARTS) is 1. The van der Waals surface area contributed by atoms with Crippen LogP contribution >= 0.6 is 0 Å². The first kappa shape index (κ1) is 14.1. The van der Waals surface area contributed by atoms with Gasteiger partial charge in [0.1, 0.15) is 5.92 Å². The molecule has 0 saturated carbocycles. The summed E-state index contributed by atoms with van der Waals surface area (Å²) in [6, 6.07) is 2.45. The SMILES string of the molecule is O=C(CNC(=O)c1ccco1)NC1COCC1C(=O)O. The lowest BCUT2D eigenvalue weighted by atomic mass is 10.0. The van der Waals surface area contributed by atoms with Gasteiger partial charge in [0.25, 0.3) is 5.91 Å². The minimum atomic E-state index is -1.02. The highest BCUT2D eigenvalue weighted by molar-refractivity contribution is 5.94. The Morgan fingerprint density at radius 1 is 1.35 bits per heavy atom. The molecule has 0 spiro atoms. The highest BCUT2D eigenvalue weighted by atomic mass is 16.5. The minimum absolute atomic E-state index is 0.0685. The number of rotatable bonds is 5. The van der Waals surface area contributed by atoms with E-state index in [4.69, 9.17) is 14.3 Å². The van der Waals surface area contributed by atoms with Crippen molar-refractivity contribution >= 4 is 17.8 Å². The van der Waals surface area contributed by atoms with E-state index < -0.39 is 29.7 Å². The fourth-order valence-electron chi connectivity index (χ4n) is 1.85. The molecular formula is C12H14N2O6. The summed E-state index contributed by atoms with van der Waals surface area (Å²) in [6.45, 7) is -0.0454. The lowest BCUT2D eigenvalue weighted by molar-refractivity contribution is -0.142. The molecule has 2 rings (SSSR count). The third-order valence-corrected chi connectivity index (χ3v) is 2.90. The second-order valence-electron chi connectivity index (χ2n) is 4.32. The number of furan rings is 1. The van der Waals surface area contributed by atoms with Gasteiger partial charge in [-0.1, -0.05) is 0 Å². The molecule has 1 aliphatic heterocycles. The van der Waals surface area contributed by atoms with Crippen molar-refractivity contribution in [2.24, 2.45) is 5.92 Å². The number of amides is 2. The molecule has 1 aromatic rings. The van der Waals surface area contributed by atoms with E-state index in [9.17, 15) is 14.4 Å². The van der Waals surface area contributed by atoms with Gasteiger partial charge in [-0.05, 0) is 12.1 Å². The van der Waals surface area contributed by atoms with Gasteiger partial charge in [-0.2, -0.15) is 0 Å². The summed E-state index contributed by atoms with van der Waals surface area (Å²) in [5, 5.41) is 13.8. The second-order valence-corrected chi connectivity index (χ2v) is 4.32. The van der Waals surface area contributed by atoms with Crippen LogP contribution in [0.5, 0.6) is 0 Å².